The number of nitro groups is 1. The number of hydrogen-bond acceptors (Lipinski definition) is 7. The number of benzene rings is 1. The van der Waals surface area contributed by atoms with Crippen molar-refractivity contribution >= 4 is 51.4 Å². The predicted octanol–water partition coefficient (Wildman–Crippen LogP) is 4.07. The number of thiophene rings is 1. The van der Waals surface area contributed by atoms with Crippen LogP contribution in [0, 0.1) is 10.1 Å². The van der Waals surface area contributed by atoms with Gasteiger partial charge in [0, 0.05) is 29.3 Å². The molecular formula is C19H16N4O4S2. The molecule has 1 aromatic carbocycles. The van der Waals surface area contributed by atoms with Crippen LogP contribution in [0.1, 0.15) is 17.4 Å². The highest BCUT2D eigenvalue weighted by Crippen LogP contribution is 2.30. The topological polar surface area (TPSA) is 114 Å². The average Bonchev–Trinajstić information content (AvgIpc) is 3.34. The zero-order chi connectivity index (χ0) is 20.8. The van der Waals surface area contributed by atoms with Crippen LogP contribution in [-0.2, 0) is 16.1 Å². The number of carbonyl (C=O) groups excluding carboxylic acids is 2. The molecule has 148 valence electrons. The third kappa shape index (κ3) is 5.56. The summed E-state index contributed by atoms with van der Waals surface area (Å²) in [5.74, 6) is -0.519. The van der Waals surface area contributed by atoms with Gasteiger partial charge in [-0.25, -0.2) is 4.98 Å². The summed E-state index contributed by atoms with van der Waals surface area (Å²) in [6.45, 7) is 1.93. The van der Waals surface area contributed by atoms with Crippen LogP contribution < -0.4 is 10.6 Å². The summed E-state index contributed by atoms with van der Waals surface area (Å²) < 4.78 is 0. The summed E-state index contributed by atoms with van der Waals surface area (Å²) in [5, 5.41) is 18.7. The molecule has 8 nitrogen and oxygen atoms in total. The molecule has 2 heterocycles. The van der Waals surface area contributed by atoms with Crippen molar-refractivity contribution in [1.29, 1.82) is 0 Å². The average molecular weight is 428 g/mol. The molecule has 29 heavy (non-hydrogen) atoms. The number of para-hydroxylation sites is 1. The van der Waals surface area contributed by atoms with Crippen LogP contribution in [0.2, 0.25) is 0 Å². The van der Waals surface area contributed by atoms with Crippen molar-refractivity contribution in [3.63, 3.8) is 0 Å². The van der Waals surface area contributed by atoms with E-state index < -0.39 is 10.8 Å². The van der Waals surface area contributed by atoms with E-state index in [1.54, 1.807) is 18.2 Å². The SMILES string of the molecule is CC(=O)NCc1ccc(-c2csc(NC(=O)/C=C/c3ccccc3[N+](=O)[O-])n2)s1. The van der Waals surface area contributed by atoms with Gasteiger partial charge < -0.3 is 5.32 Å². The molecule has 0 spiro atoms. The van der Waals surface area contributed by atoms with Gasteiger partial charge in [-0.15, -0.1) is 22.7 Å². The lowest BCUT2D eigenvalue weighted by molar-refractivity contribution is -0.385. The zero-order valence-corrected chi connectivity index (χ0v) is 16.9. The molecule has 2 N–H and O–H groups in total. The third-order valence-corrected chi connectivity index (χ3v) is 5.57. The highest BCUT2D eigenvalue weighted by atomic mass is 32.1. The summed E-state index contributed by atoms with van der Waals surface area (Å²) in [6.07, 6.45) is 2.63. The first-order chi connectivity index (χ1) is 13.9. The number of aromatic nitrogens is 1. The number of nitrogens with zero attached hydrogens (tertiary/aromatic N) is 2. The third-order valence-electron chi connectivity index (χ3n) is 3.71. The summed E-state index contributed by atoms with van der Waals surface area (Å²) in [5.41, 5.74) is 1.01. The highest BCUT2D eigenvalue weighted by Gasteiger charge is 2.11. The molecule has 3 rings (SSSR count). The van der Waals surface area contributed by atoms with Crippen molar-refractivity contribution in [1.82, 2.24) is 10.3 Å². The number of thiazole rings is 1. The Hall–Kier alpha value is -3.37. The summed E-state index contributed by atoms with van der Waals surface area (Å²) in [4.78, 5) is 40.0. The molecule has 0 saturated carbocycles. The Bertz CT molecular complexity index is 1090. The van der Waals surface area contributed by atoms with E-state index in [4.69, 9.17) is 0 Å². The number of nitrogens with one attached hydrogen (secondary N) is 2. The van der Waals surface area contributed by atoms with Gasteiger partial charge >= 0.3 is 0 Å². The first kappa shape index (κ1) is 20.4. The van der Waals surface area contributed by atoms with Gasteiger partial charge in [0.05, 0.1) is 27.6 Å². The first-order valence-corrected chi connectivity index (χ1v) is 10.1. The Balaban J connectivity index is 1.64. The number of amides is 2. The minimum atomic E-state index is -0.494. The molecule has 10 heteroatoms. The molecule has 2 aromatic heterocycles. The van der Waals surface area contributed by atoms with E-state index in [9.17, 15) is 19.7 Å². The minimum absolute atomic E-state index is 0.0687. The molecule has 0 fully saturated rings. The first-order valence-electron chi connectivity index (χ1n) is 8.44. The summed E-state index contributed by atoms with van der Waals surface area (Å²) in [7, 11) is 0. The van der Waals surface area contributed by atoms with Crippen molar-refractivity contribution in [3.8, 4) is 10.6 Å². The molecule has 0 aliphatic heterocycles. The lowest BCUT2D eigenvalue weighted by Gasteiger charge is -1.98. The van der Waals surface area contributed by atoms with Crippen molar-refractivity contribution in [3.05, 3.63) is 68.4 Å². The fraction of sp³-hybridized carbons (Fsp3) is 0.105. The van der Waals surface area contributed by atoms with Crippen LogP contribution in [-0.4, -0.2) is 21.7 Å². The zero-order valence-electron chi connectivity index (χ0n) is 15.2. The van der Waals surface area contributed by atoms with E-state index in [0.717, 1.165) is 15.4 Å². The Kier molecular flexibility index (Phi) is 6.47. The standard InChI is InChI=1S/C19H16N4O4S2/c1-12(24)20-10-14-7-8-17(29-14)15-11-28-19(21-15)22-18(25)9-6-13-4-2-3-5-16(13)23(26)27/h2-9,11H,10H2,1H3,(H,20,24)(H,21,22,25)/b9-6+. The maximum Gasteiger partial charge on any atom is 0.276 e. The van der Waals surface area contributed by atoms with Gasteiger partial charge in [0.2, 0.25) is 11.8 Å². The number of anilines is 1. The fourth-order valence-corrected chi connectivity index (χ4v) is 4.07. The number of hydrogen-bond donors (Lipinski definition) is 2. The van der Waals surface area contributed by atoms with Crippen molar-refractivity contribution in [2.45, 2.75) is 13.5 Å². The van der Waals surface area contributed by atoms with Crippen LogP contribution in [0.15, 0.2) is 47.9 Å². The van der Waals surface area contributed by atoms with Crippen LogP contribution >= 0.6 is 22.7 Å². The summed E-state index contributed by atoms with van der Waals surface area (Å²) >= 11 is 2.79. The smallest absolute Gasteiger partial charge is 0.276 e. The van der Waals surface area contributed by atoms with Crippen molar-refractivity contribution in [2.75, 3.05) is 5.32 Å². The number of rotatable bonds is 7. The second-order valence-electron chi connectivity index (χ2n) is 5.85. The second kappa shape index (κ2) is 9.22. The predicted molar refractivity (Wildman–Crippen MR) is 114 cm³/mol. The van der Waals surface area contributed by atoms with E-state index >= 15 is 0 Å². The molecule has 0 unspecified atom stereocenters. The van der Waals surface area contributed by atoms with E-state index in [2.05, 4.69) is 15.6 Å². The number of carbonyl (C=O) groups is 2. The van der Waals surface area contributed by atoms with Crippen LogP contribution in [0.4, 0.5) is 10.8 Å². The Morgan fingerprint density at radius 2 is 2.03 bits per heavy atom. The van der Waals surface area contributed by atoms with Crippen LogP contribution in [0.5, 0.6) is 0 Å². The Morgan fingerprint density at radius 1 is 1.24 bits per heavy atom. The summed E-state index contributed by atoms with van der Waals surface area (Å²) in [6, 6.07) is 10.0. The quantitative estimate of drug-likeness (QED) is 0.334. The van der Waals surface area contributed by atoms with E-state index in [-0.39, 0.29) is 11.6 Å². The monoisotopic (exact) mass is 428 g/mol. The maximum atomic E-state index is 12.1. The maximum absolute atomic E-state index is 12.1. The van der Waals surface area contributed by atoms with Gasteiger partial charge in [0.1, 0.15) is 0 Å². The van der Waals surface area contributed by atoms with Gasteiger partial charge in [0.25, 0.3) is 5.69 Å². The highest BCUT2D eigenvalue weighted by molar-refractivity contribution is 7.17. The van der Waals surface area contributed by atoms with Gasteiger partial charge in [-0.3, -0.25) is 25.0 Å². The van der Waals surface area contributed by atoms with E-state index in [1.807, 2.05) is 17.5 Å². The lowest BCUT2D eigenvalue weighted by atomic mass is 10.1. The van der Waals surface area contributed by atoms with Crippen LogP contribution in [0.25, 0.3) is 16.6 Å². The van der Waals surface area contributed by atoms with Gasteiger partial charge in [-0.05, 0) is 24.3 Å². The Morgan fingerprint density at radius 3 is 2.79 bits per heavy atom. The molecule has 0 atom stereocenters. The molecule has 0 aliphatic carbocycles. The fourth-order valence-electron chi connectivity index (χ4n) is 2.37. The molecule has 0 bridgehead atoms. The van der Waals surface area contributed by atoms with Gasteiger partial charge in [0.15, 0.2) is 5.13 Å². The van der Waals surface area contributed by atoms with E-state index in [0.29, 0.717) is 17.2 Å². The Labute approximate surface area is 174 Å². The minimum Gasteiger partial charge on any atom is -0.351 e. The van der Waals surface area contributed by atoms with Gasteiger partial charge in [-0.2, -0.15) is 0 Å². The number of nitro benzene ring substituents is 1. The van der Waals surface area contributed by atoms with Crippen LogP contribution in [0.3, 0.4) is 0 Å². The molecule has 3 aromatic rings. The largest absolute Gasteiger partial charge is 0.351 e. The molecule has 2 amide bonds. The van der Waals surface area contributed by atoms with E-state index in [1.165, 1.54) is 47.8 Å². The molecule has 0 saturated heterocycles. The van der Waals surface area contributed by atoms with Crippen molar-refractivity contribution < 1.29 is 14.5 Å². The normalized spacial score (nSPS) is 10.8. The molecule has 0 aliphatic rings. The molecule has 0 radical (unpaired) electrons. The second-order valence-corrected chi connectivity index (χ2v) is 7.88. The molecular weight excluding hydrogens is 412 g/mol. The van der Waals surface area contributed by atoms with Gasteiger partial charge in [-0.1, -0.05) is 12.1 Å². The lowest BCUT2D eigenvalue weighted by Crippen LogP contribution is -2.17. The van der Waals surface area contributed by atoms with Crippen molar-refractivity contribution in [2.24, 2.45) is 0 Å².